The van der Waals surface area contributed by atoms with E-state index in [0.29, 0.717) is 29.1 Å². The van der Waals surface area contributed by atoms with Gasteiger partial charge in [-0.05, 0) is 63.6 Å². The fourth-order valence-corrected chi connectivity index (χ4v) is 4.02. The lowest BCUT2D eigenvalue weighted by Crippen LogP contribution is -2.41. The summed E-state index contributed by atoms with van der Waals surface area (Å²) in [4.78, 5) is 14.7. The zero-order valence-electron chi connectivity index (χ0n) is 14.1. The van der Waals surface area contributed by atoms with Crippen molar-refractivity contribution in [2.75, 3.05) is 30.4 Å². The van der Waals surface area contributed by atoms with Crippen molar-refractivity contribution in [3.63, 3.8) is 0 Å². The van der Waals surface area contributed by atoms with E-state index >= 15 is 0 Å². The van der Waals surface area contributed by atoms with Crippen LogP contribution in [0.4, 0.5) is 5.69 Å². The van der Waals surface area contributed by atoms with E-state index in [1.165, 1.54) is 31.7 Å². The molecule has 1 aromatic rings. The van der Waals surface area contributed by atoms with E-state index in [0.717, 1.165) is 6.42 Å². The maximum Gasteiger partial charge on any atom is 0.224 e. The predicted molar refractivity (Wildman–Crippen MR) is 101 cm³/mol. The molecule has 1 saturated heterocycles. The molecule has 1 aromatic carbocycles. The van der Waals surface area contributed by atoms with Crippen molar-refractivity contribution in [2.45, 2.75) is 38.6 Å². The van der Waals surface area contributed by atoms with Gasteiger partial charge in [-0.2, -0.15) is 11.8 Å². The lowest BCUT2D eigenvalue weighted by atomic mass is 9.91. The van der Waals surface area contributed by atoms with Gasteiger partial charge in [0.15, 0.2) is 0 Å². The molecule has 1 atom stereocenters. The molecule has 1 heterocycles. The summed E-state index contributed by atoms with van der Waals surface area (Å²) in [5.41, 5.74) is 0.708. The molecule has 0 aliphatic carbocycles. The van der Waals surface area contributed by atoms with Crippen molar-refractivity contribution < 1.29 is 4.79 Å². The lowest BCUT2D eigenvalue weighted by Gasteiger charge is -2.35. The number of amides is 1. The minimum Gasteiger partial charge on any atom is -0.325 e. The van der Waals surface area contributed by atoms with Crippen molar-refractivity contribution in [1.82, 2.24) is 4.90 Å². The number of thioether (sulfide) groups is 1. The number of carbonyl (C=O) groups excluding carboxylic acids is 1. The maximum absolute atomic E-state index is 12.1. The van der Waals surface area contributed by atoms with Crippen LogP contribution in [0.5, 0.6) is 0 Å². The Morgan fingerprint density at radius 3 is 2.74 bits per heavy atom. The smallest absolute Gasteiger partial charge is 0.224 e. The zero-order valence-corrected chi connectivity index (χ0v) is 15.6. The standard InChI is InChI=1S/C18H27ClN2OS/c1-14(13-23-2)21-11-9-15(10-12-21)7-8-18(22)20-17-6-4-3-5-16(17)19/h3-6,14-15H,7-13H2,1-2H3,(H,20,22)/t14-/m0/s1. The van der Waals surface area contributed by atoms with Crippen molar-refractivity contribution in [3.8, 4) is 0 Å². The third kappa shape index (κ3) is 6.02. The number of para-hydroxylation sites is 1. The van der Waals surface area contributed by atoms with E-state index in [2.05, 4.69) is 23.4 Å². The summed E-state index contributed by atoms with van der Waals surface area (Å²) in [5, 5.41) is 3.50. The molecule has 0 saturated carbocycles. The molecule has 1 amide bonds. The van der Waals surface area contributed by atoms with Gasteiger partial charge in [0.25, 0.3) is 0 Å². The van der Waals surface area contributed by atoms with E-state index in [-0.39, 0.29) is 5.91 Å². The fourth-order valence-electron chi connectivity index (χ4n) is 3.14. The minimum absolute atomic E-state index is 0.0660. The van der Waals surface area contributed by atoms with Crippen molar-refractivity contribution >= 4 is 35.0 Å². The van der Waals surface area contributed by atoms with Gasteiger partial charge >= 0.3 is 0 Å². The number of hydrogen-bond donors (Lipinski definition) is 1. The zero-order chi connectivity index (χ0) is 16.7. The Bertz CT molecular complexity index is 504. The normalized spacial score (nSPS) is 17.9. The molecule has 3 nitrogen and oxygen atoms in total. The summed E-state index contributed by atoms with van der Waals surface area (Å²) in [5.74, 6) is 1.94. The summed E-state index contributed by atoms with van der Waals surface area (Å²) in [7, 11) is 0. The van der Waals surface area contributed by atoms with Crippen LogP contribution in [0.1, 0.15) is 32.6 Å². The highest BCUT2D eigenvalue weighted by Crippen LogP contribution is 2.25. The summed E-state index contributed by atoms with van der Waals surface area (Å²) < 4.78 is 0. The van der Waals surface area contributed by atoms with Gasteiger partial charge in [-0.25, -0.2) is 0 Å². The highest BCUT2D eigenvalue weighted by Gasteiger charge is 2.22. The average Bonchev–Trinajstić information content (AvgIpc) is 2.56. The highest BCUT2D eigenvalue weighted by atomic mass is 35.5. The third-order valence-corrected chi connectivity index (χ3v) is 5.75. The Kier molecular flexibility index (Phi) is 7.74. The summed E-state index contributed by atoms with van der Waals surface area (Å²) in [6.07, 6.45) is 6.13. The SMILES string of the molecule is CSC[C@H](C)N1CCC(CCC(=O)Nc2ccccc2Cl)CC1. The molecule has 23 heavy (non-hydrogen) atoms. The molecule has 1 fully saturated rings. The lowest BCUT2D eigenvalue weighted by molar-refractivity contribution is -0.116. The third-order valence-electron chi connectivity index (χ3n) is 4.61. The molecule has 0 radical (unpaired) electrons. The van der Waals surface area contributed by atoms with Gasteiger partial charge in [-0.3, -0.25) is 9.69 Å². The number of nitrogens with one attached hydrogen (secondary N) is 1. The molecule has 1 aliphatic heterocycles. The second kappa shape index (κ2) is 9.55. The van der Waals surface area contributed by atoms with Crippen molar-refractivity contribution in [3.05, 3.63) is 29.3 Å². The van der Waals surface area contributed by atoms with Gasteiger partial charge in [-0.1, -0.05) is 23.7 Å². The van der Waals surface area contributed by atoms with Crippen molar-refractivity contribution in [2.24, 2.45) is 5.92 Å². The fraction of sp³-hybridized carbons (Fsp3) is 0.611. The molecule has 0 aromatic heterocycles. The Balaban J connectivity index is 1.69. The molecule has 0 unspecified atom stereocenters. The number of hydrogen-bond acceptors (Lipinski definition) is 3. The van der Waals surface area contributed by atoms with Crippen LogP contribution in [0, 0.1) is 5.92 Å². The number of rotatable bonds is 7. The van der Waals surface area contributed by atoms with Crippen LogP contribution >= 0.6 is 23.4 Å². The van der Waals surface area contributed by atoms with E-state index in [1.54, 1.807) is 6.07 Å². The van der Waals surface area contributed by atoms with Crippen LogP contribution in [0.15, 0.2) is 24.3 Å². The Morgan fingerprint density at radius 1 is 1.39 bits per heavy atom. The Hall–Kier alpha value is -0.710. The van der Waals surface area contributed by atoms with E-state index in [9.17, 15) is 4.79 Å². The number of halogens is 1. The first-order valence-corrected chi connectivity index (χ1v) is 10.1. The molecule has 2 rings (SSSR count). The number of anilines is 1. The van der Waals surface area contributed by atoms with E-state index in [1.807, 2.05) is 30.0 Å². The van der Waals surface area contributed by atoms with Crippen LogP contribution in [0.3, 0.4) is 0 Å². The first kappa shape index (κ1) is 18.6. The van der Waals surface area contributed by atoms with Crippen LogP contribution in [-0.2, 0) is 4.79 Å². The van der Waals surface area contributed by atoms with Crippen LogP contribution in [0.25, 0.3) is 0 Å². The van der Waals surface area contributed by atoms with Crippen LogP contribution in [-0.4, -0.2) is 41.9 Å². The minimum atomic E-state index is 0.0660. The van der Waals surface area contributed by atoms with Crippen molar-refractivity contribution in [1.29, 1.82) is 0 Å². The molecule has 1 N–H and O–H groups in total. The monoisotopic (exact) mass is 354 g/mol. The topological polar surface area (TPSA) is 32.3 Å². The van der Waals surface area contributed by atoms with Gasteiger partial charge in [-0.15, -0.1) is 0 Å². The molecule has 5 heteroatoms. The second-order valence-corrected chi connectivity index (χ2v) is 7.67. The maximum atomic E-state index is 12.1. The Labute approximate surface area is 149 Å². The predicted octanol–water partition coefficient (Wildman–Crippen LogP) is 4.52. The first-order valence-electron chi connectivity index (χ1n) is 8.37. The quantitative estimate of drug-likeness (QED) is 0.781. The molecule has 0 spiro atoms. The number of likely N-dealkylation sites (tertiary alicyclic amines) is 1. The average molecular weight is 355 g/mol. The van der Waals surface area contributed by atoms with E-state index < -0.39 is 0 Å². The molecular weight excluding hydrogens is 328 g/mol. The van der Waals surface area contributed by atoms with Gasteiger partial charge in [0.05, 0.1) is 10.7 Å². The molecule has 0 bridgehead atoms. The number of carbonyl (C=O) groups is 1. The molecular formula is C18H27ClN2OS. The van der Waals surface area contributed by atoms with Crippen LogP contribution < -0.4 is 5.32 Å². The Morgan fingerprint density at radius 2 is 2.09 bits per heavy atom. The summed E-state index contributed by atoms with van der Waals surface area (Å²) in [6, 6.07) is 8.04. The van der Waals surface area contributed by atoms with E-state index in [4.69, 9.17) is 11.6 Å². The number of piperidine rings is 1. The van der Waals surface area contributed by atoms with Gasteiger partial charge < -0.3 is 5.32 Å². The van der Waals surface area contributed by atoms with Gasteiger partial charge in [0, 0.05) is 18.2 Å². The second-order valence-electron chi connectivity index (χ2n) is 6.35. The van der Waals surface area contributed by atoms with Crippen LogP contribution in [0.2, 0.25) is 5.02 Å². The largest absolute Gasteiger partial charge is 0.325 e. The van der Waals surface area contributed by atoms with Gasteiger partial charge in [0.1, 0.15) is 0 Å². The molecule has 128 valence electrons. The van der Waals surface area contributed by atoms with Gasteiger partial charge in [0.2, 0.25) is 5.91 Å². The number of nitrogens with zero attached hydrogens (tertiary/aromatic N) is 1. The number of benzene rings is 1. The highest BCUT2D eigenvalue weighted by molar-refractivity contribution is 7.98. The summed E-state index contributed by atoms with van der Waals surface area (Å²) in [6.45, 7) is 4.64. The first-order chi connectivity index (χ1) is 11.1. The molecule has 1 aliphatic rings. The summed E-state index contributed by atoms with van der Waals surface area (Å²) >= 11 is 7.98.